The van der Waals surface area contributed by atoms with Crippen LogP contribution < -0.4 is 5.73 Å². The zero-order valence-electron chi connectivity index (χ0n) is 10.3. The van der Waals surface area contributed by atoms with Gasteiger partial charge in [-0.2, -0.15) is 0 Å². The molecular formula is C14H10Cl2N4. The topological polar surface area (TPSA) is 56.7 Å². The van der Waals surface area contributed by atoms with Crippen LogP contribution in [0.25, 0.3) is 16.9 Å². The van der Waals surface area contributed by atoms with Gasteiger partial charge in [0.2, 0.25) is 0 Å². The highest BCUT2D eigenvalue weighted by Gasteiger charge is 2.12. The number of halogens is 2. The molecule has 2 heterocycles. The molecule has 0 amide bonds. The minimum absolute atomic E-state index is 0.444. The molecule has 0 fully saturated rings. The number of imidazole rings is 1. The fourth-order valence-electron chi connectivity index (χ4n) is 2.00. The Labute approximate surface area is 125 Å². The Hall–Kier alpha value is -2.04. The molecule has 3 aromatic rings. The standard InChI is InChI=1S/C14H10Cl2N4/c15-9-3-4-12(11(16)6-9)20-8-18-7-13(20)10-2-1-5-19-14(10)17/h1-8H,(H2,17,19). The Balaban J connectivity index is 2.18. The van der Waals surface area contributed by atoms with Crippen LogP contribution in [0.2, 0.25) is 10.0 Å². The first-order chi connectivity index (χ1) is 9.66. The fourth-order valence-corrected chi connectivity index (χ4v) is 2.50. The van der Waals surface area contributed by atoms with Gasteiger partial charge in [0.05, 0.1) is 28.9 Å². The van der Waals surface area contributed by atoms with Crippen molar-refractivity contribution in [1.29, 1.82) is 0 Å². The van der Waals surface area contributed by atoms with E-state index in [4.69, 9.17) is 28.9 Å². The highest BCUT2D eigenvalue weighted by molar-refractivity contribution is 6.35. The summed E-state index contributed by atoms with van der Waals surface area (Å²) in [6.45, 7) is 0. The van der Waals surface area contributed by atoms with Crippen LogP contribution in [0.3, 0.4) is 0 Å². The number of pyridine rings is 1. The summed E-state index contributed by atoms with van der Waals surface area (Å²) < 4.78 is 1.85. The van der Waals surface area contributed by atoms with Crippen molar-refractivity contribution in [2.24, 2.45) is 0 Å². The quantitative estimate of drug-likeness (QED) is 0.783. The lowest BCUT2D eigenvalue weighted by Gasteiger charge is -2.11. The molecule has 1 aromatic carbocycles. The molecule has 6 heteroatoms. The van der Waals surface area contributed by atoms with Crippen molar-refractivity contribution in [1.82, 2.24) is 14.5 Å². The number of nitrogens with two attached hydrogens (primary N) is 1. The molecule has 2 aromatic heterocycles. The predicted octanol–water partition coefficient (Wildman–Crippen LogP) is 3.82. The van der Waals surface area contributed by atoms with Gasteiger partial charge in [0.1, 0.15) is 5.82 Å². The second kappa shape index (κ2) is 5.15. The molecule has 0 saturated carbocycles. The SMILES string of the molecule is Nc1ncccc1-c1cncn1-c1ccc(Cl)cc1Cl. The van der Waals surface area contributed by atoms with E-state index in [9.17, 15) is 0 Å². The van der Waals surface area contributed by atoms with Gasteiger partial charge in [0.25, 0.3) is 0 Å². The van der Waals surface area contributed by atoms with Crippen molar-refractivity contribution in [3.63, 3.8) is 0 Å². The Bertz CT molecular complexity index is 767. The number of hydrogen-bond donors (Lipinski definition) is 1. The zero-order chi connectivity index (χ0) is 14.1. The lowest BCUT2D eigenvalue weighted by molar-refractivity contribution is 1.06. The maximum Gasteiger partial charge on any atom is 0.132 e. The van der Waals surface area contributed by atoms with E-state index in [1.165, 1.54) is 0 Å². The first kappa shape index (κ1) is 13.0. The summed E-state index contributed by atoms with van der Waals surface area (Å²) in [5.41, 5.74) is 8.32. The molecule has 0 unspecified atom stereocenters. The molecular weight excluding hydrogens is 295 g/mol. The van der Waals surface area contributed by atoms with Gasteiger partial charge < -0.3 is 5.73 Å². The number of anilines is 1. The maximum atomic E-state index is 6.24. The number of hydrogen-bond acceptors (Lipinski definition) is 3. The molecule has 0 radical (unpaired) electrons. The summed E-state index contributed by atoms with van der Waals surface area (Å²) in [6.07, 6.45) is 5.05. The van der Waals surface area contributed by atoms with Gasteiger partial charge in [0.15, 0.2) is 0 Å². The van der Waals surface area contributed by atoms with Crippen LogP contribution in [0.1, 0.15) is 0 Å². The van der Waals surface area contributed by atoms with Crippen molar-refractivity contribution < 1.29 is 0 Å². The molecule has 0 aliphatic carbocycles. The summed E-state index contributed by atoms with van der Waals surface area (Å²) in [4.78, 5) is 8.26. The van der Waals surface area contributed by atoms with Gasteiger partial charge in [-0.05, 0) is 30.3 Å². The minimum atomic E-state index is 0.444. The van der Waals surface area contributed by atoms with Gasteiger partial charge in [0, 0.05) is 16.8 Å². The largest absolute Gasteiger partial charge is 0.383 e. The van der Waals surface area contributed by atoms with Gasteiger partial charge in [-0.1, -0.05) is 23.2 Å². The summed E-state index contributed by atoms with van der Waals surface area (Å²) in [5, 5.41) is 1.13. The minimum Gasteiger partial charge on any atom is -0.383 e. The van der Waals surface area contributed by atoms with E-state index in [2.05, 4.69) is 9.97 Å². The third kappa shape index (κ3) is 2.24. The van der Waals surface area contributed by atoms with Crippen LogP contribution in [0.5, 0.6) is 0 Å². The van der Waals surface area contributed by atoms with Gasteiger partial charge >= 0.3 is 0 Å². The van der Waals surface area contributed by atoms with Gasteiger partial charge in [-0.25, -0.2) is 9.97 Å². The summed E-state index contributed by atoms with van der Waals surface area (Å²) in [6, 6.07) is 9.02. The molecule has 0 spiro atoms. The van der Waals surface area contributed by atoms with Crippen LogP contribution in [0, 0.1) is 0 Å². The van der Waals surface area contributed by atoms with Crippen LogP contribution in [0.15, 0.2) is 49.1 Å². The molecule has 0 bridgehead atoms. The smallest absolute Gasteiger partial charge is 0.132 e. The van der Waals surface area contributed by atoms with Crippen LogP contribution in [0.4, 0.5) is 5.82 Å². The summed E-state index contributed by atoms with van der Waals surface area (Å²) in [5.74, 6) is 0.444. The second-order valence-electron chi connectivity index (χ2n) is 4.18. The average Bonchev–Trinajstić information content (AvgIpc) is 2.88. The molecule has 20 heavy (non-hydrogen) atoms. The van der Waals surface area contributed by atoms with Crippen LogP contribution in [-0.2, 0) is 0 Å². The molecule has 3 rings (SSSR count). The molecule has 0 aliphatic rings. The van der Waals surface area contributed by atoms with Crippen molar-refractivity contribution >= 4 is 29.0 Å². The van der Waals surface area contributed by atoms with E-state index in [-0.39, 0.29) is 0 Å². The molecule has 0 aliphatic heterocycles. The molecule has 2 N–H and O–H groups in total. The van der Waals surface area contributed by atoms with E-state index >= 15 is 0 Å². The van der Waals surface area contributed by atoms with Gasteiger partial charge in [-0.15, -0.1) is 0 Å². The first-order valence-electron chi connectivity index (χ1n) is 5.85. The van der Waals surface area contributed by atoms with Crippen molar-refractivity contribution in [2.45, 2.75) is 0 Å². The maximum absolute atomic E-state index is 6.24. The Morgan fingerprint density at radius 3 is 2.75 bits per heavy atom. The normalized spacial score (nSPS) is 10.7. The van der Waals surface area contributed by atoms with Crippen molar-refractivity contribution in [3.05, 3.63) is 59.1 Å². The monoisotopic (exact) mass is 304 g/mol. The number of rotatable bonds is 2. The lowest BCUT2D eigenvalue weighted by Crippen LogP contribution is -1.99. The van der Waals surface area contributed by atoms with Crippen LogP contribution >= 0.6 is 23.2 Å². The van der Waals surface area contributed by atoms with Gasteiger partial charge in [-0.3, -0.25) is 4.57 Å². The molecule has 100 valence electrons. The van der Waals surface area contributed by atoms with Crippen molar-refractivity contribution in [2.75, 3.05) is 5.73 Å². The highest BCUT2D eigenvalue weighted by atomic mass is 35.5. The number of nitrogens with zero attached hydrogens (tertiary/aromatic N) is 3. The lowest BCUT2D eigenvalue weighted by atomic mass is 10.2. The summed E-state index contributed by atoms with van der Waals surface area (Å²) >= 11 is 12.2. The summed E-state index contributed by atoms with van der Waals surface area (Å²) in [7, 11) is 0. The average molecular weight is 305 g/mol. The first-order valence-corrected chi connectivity index (χ1v) is 6.61. The van der Waals surface area contributed by atoms with Crippen molar-refractivity contribution in [3.8, 4) is 16.9 Å². The van der Waals surface area contributed by atoms with E-state index in [1.807, 2.05) is 22.8 Å². The second-order valence-corrected chi connectivity index (χ2v) is 5.02. The molecule has 0 atom stereocenters. The van der Waals surface area contributed by atoms with E-state index in [0.29, 0.717) is 15.9 Å². The Morgan fingerprint density at radius 1 is 1.15 bits per heavy atom. The van der Waals surface area contributed by atoms with E-state index in [0.717, 1.165) is 16.9 Å². The van der Waals surface area contributed by atoms with E-state index in [1.54, 1.807) is 30.9 Å². The number of benzene rings is 1. The third-order valence-electron chi connectivity index (χ3n) is 2.92. The Kier molecular flexibility index (Phi) is 3.34. The predicted molar refractivity (Wildman–Crippen MR) is 81.2 cm³/mol. The van der Waals surface area contributed by atoms with E-state index < -0.39 is 0 Å². The molecule has 0 saturated heterocycles. The highest BCUT2D eigenvalue weighted by Crippen LogP contribution is 2.30. The van der Waals surface area contributed by atoms with Crippen LogP contribution in [-0.4, -0.2) is 14.5 Å². The number of nitrogen functional groups attached to an aromatic ring is 1. The third-order valence-corrected chi connectivity index (χ3v) is 3.46. The fraction of sp³-hybridized carbons (Fsp3) is 0. The number of aromatic nitrogens is 3. The Morgan fingerprint density at radius 2 is 2.00 bits per heavy atom. The zero-order valence-corrected chi connectivity index (χ0v) is 11.8. The molecule has 4 nitrogen and oxygen atoms in total.